The number of nitrogens with one attached hydrogen (secondary N) is 1. The van der Waals surface area contributed by atoms with Crippen molar-refractivity contribution in [3.8, 4) is 0 Å². The minimum Gasteiger partial charge on any atom is -0.341 e. The molecule has 2 aromatic heterocycles. The summed E-state index contributed by atoms with van der Waals surface area (Å²) in [5, 5.41) is 2.90. The highest BCUT2D eigenvalue weighted by atomic mass is 16.2. The van der Waals surface area contributed by atoms with Gasteiger partial charge in [0.05, 0.1) is 0 Å². The topological polar surface area (TPSA) is 75.2 Å². The molecule has 0 fully saturated rings. The fraction of sp³-hybridized carbons (Fsp3) is 0.217. The lowest BCUT2D eigenvalue weighted by molar-refractivity contribution is 0.0796. The van der Waals surface area contributed by atoms with Crippen LogP contribution in [0.4, 0.5) is 5.69 Å². The van der Waals surface area contributed by atoms with Crippen molar-refractivity contribution >= 4 is 17.5 Å². The third-order valence-corrected chi connectivity index (χ3v) is 4.79. The zero-order valence-electron chi connectivity index (χ0n) is 16.8. The molecule has 29 heavy (non-hydrogen) atoms. The van der Waals surface area contributed by atoms with E-state index in [9.17, 15) is 9.59 Å². The fourth-order valence-electron chi connectivity index (χ4n) is 3.05. The molecule has 1 aromatic carbocycles. The van der Waals surface area contributed by atoms with Crippen LogP contribution in [0.1, 0.15) is 37.5 Å². The van der Waals surface area contributed by atoms with Crippen LogP contribution in [0.3, 0.4) is 0 Å². The van der Waals surface area contributed by atoms with Crippen LogP contribution >= 0.6 is 0 Å². The van der Waals surface area contributed by atoms with E-state index in [4.69, 9.17) is 0 Å². The van der Waals surface area contributed by atoms with Crippen LogP contribution in [0, 0.1) is 13.8 Å². The summed E-state index contributed by atoms with van der Waals surface area (Å²) in [4.78, 5) is 35.2. The van der Waals surface area contributed by atoms with E-state index >= 15 is 0 Å². The van der Waals surface area contributed by atoms with Crippen LogP contribution in [0.25, 0.3) is 0 Å². The number of aryl methyl sites for hydroxylation is 2. The summed E-state index contributed by atoms with van der Waals surface area (Å²) in [6.45, 7) is 4.44. The van der Waals surface area contributed by atoms with Crippen molar-refractivity contribution in [1.82, 2.24) is 14.9 Å². The summed E-state index contributed by atoms with van der Waals surface area (Å²) in [7, 11) is 1.75. The van der Waals surface area contributed by atoms with E-state index in [1.807, 2.05) is 44.2 Å². The van der Waals surface area contributed by atoms with Gasteiger partial charge < -0.3 is 10.2 Å². The maximum absolute atomic E-state index is 12.8. The quantitative estimate of drug-likeness (QED) is 0.699. The van der Waals surface area contributed by atoms with Gasteiger partial charge in [0.15, 0.2) is 0 Å². The molecule has 2 amide bonds. The zero-order chi connectivity index (χ0) is 20.8. The number of rotatable bonds is 6. The summed E-state index contributed by atoms with van der Waals surface area (Å²) in [5.74, 6) is -0.487. The van der Waals surface area contributed by atoms with Gasteiger partial charge in [-0.15, -0.1) is 0 Å². The predicted octanol–water partition coefficient (Wildman–Crippen LogP) is 3.66. The number of likely N-dealkylation sites (N-methyl/N-ethyl adjacent to an activating group) is 1. The van der Waals surface area contributed by atoms with Gasteiger partial charge in [-0.1, -0.05) is 18.2 Å². The van der Waals surface area contributed by atoms with Gasteiger partial charge >= 0.3 is 0 Å². The lowest BCUT2D eigenvalue weighted by Crippen LogP contribution is -2.29. The molecular formula is C23H24N4O2. The van der Waals surface area contributed by atoms with E-state index in [0.717, 1.165) is 28.8 Å². The average Bonchev–Trinajstić information content (AvgIpc) is 2.75. The van der Waals surface area contributed by atoms with E-state index in [2.05, 4.69) is 15.3 Å². The minimum absolute atomic E-state index is 0.150. The second kappa shape index (κ2) is 9.10. The van der Waals surface area contributed by atoms with Crippen molar-refractivity contribution in [2.45, 2.75) is 20.3 Å². The first-order chi connectivity index (χ1) is 14.0. The molecule has 3 rings (SSSR count). The molecule has 0 spiro atoms. The van der Waals surface area contributed by atoms with Crippen molar-refractivity contribution < 1.29 is 9.59 Å². The van der Waals surface area contributed by atoms with E-state index in [0.29, 0.717) is 12.1 Å². The Morgan fingerprint density at radius 1 is 1.00 bits per heavy atom. The van der Waals surface area contributed by atoms with Gasteiger partial charge in [-0.2, -0.15) is 0 Å². The minimum atomic E-state index is -0.337. The molecule has 148 valence electrons. The first-order valence-corrected chi connectivity index (χ1v) is 9.43. The Morgan fingerprint density at radius 3 is 2.38 bits per heavy atom. The summed E-state index contributed by atoms with van der Waals surface area (Å²) >= 11 is 0. The number of pyridine rings is 2. The number of para-hydroxylation sites is 1. The Kier molecular flexibility index (Phi) is 6.34. The highest BCUT2D eigenvalue weighted by Crippen LogP contribution is 2.20. The van der Waals surface area contributed by atoms with Gasteiger partial charge in [-0.3, -0.25) is 19.6 Å². The van der Waals surface area contributed by atoms with Crippen LogP contribution in [0.5, 0.6) is 0 Å². The third kappa shape index (κ3) is 5.04. The standard InChI is InChI=1S/C23H24N4O2/c1-16-5-4-6-17(2)21(16)26-22(28)20-15-19(9-13-25-20)23(29)27(3)14-10-18-7-11-24-12-8-18/h4-9,11-13,15H,10,14H2,1-3H3,(H,26,28). The second-order valence-electron chi connectivity index (χ2n) is 6.98. The van der Waals surface area contributed by atoms with Crippen molar-refractivity contribution in [3.05, 3.63) is 89.0 Å². The molecule has 0 bridgehead atoms. The number of nitrogens with zero attached hydrogens (tertiary/aromatic N) is 3. The van der Waals surface area contributed by atoms with E-state index in [-0.39, 0.29) is 17.5 Å². The molecular weight excluding hydrogens is 364 g/mol. The second-order valence-corrected chi connectivity index (χ2v) is 6.98. The van der Waals surface area contributed by atoms with Crippen LogP contribution in [-0.2, 0) is 6.42 Å². The number of benzene rings is 1. The molecule has 2 heterocycles. The number of carbonyl (C=O) groups is 2. The first kappa shape index (κ1) is 20.2. The average molecular weight is 388 g/mol. The Hall–Kier alpha value is -3.54. The van der Waals surface area contributed by atoms with Gasteiger partial charge in [0.25, 0.3) is 11.8 Å². The third-order valence-electron chi connectivity index (χ3n) is 4.79. The Balaban J connectivity index is 1.69. The maximum Gasteiger partial charge on any atom is 0.274 e. The molecule has 0 saturated heterocycles. The van der Waals surface area contributed by atoms with E-state index in [1.54, 1.807) is 30.4 Å². The maximum atomic E-state index is 12.8. The van der Waals surface area contributed by atoms with Crippen LogP contribution < -0.4 is 5.32 Å². The monoisotopic (exact) mass is 388 g/mol. The van der Waals surface area contributed by atoms with Crippen molar-refractivity contribution in [1.29, 1.82) is 0 Å². The first-order valence-electron chi connectivity index (χ1n) is 9.43. The molecule has 0 unspecified atom stereocenters. The van der Waals surface area contributed by atoms with Crippen molar-refractivity contribution in [3.63, 3.8) is 0 Å². The van der Waals surface area contributed by atoms with Gasteiger partial charge in [0.2, 0.25) is 0 Å². The lowest BCUT2D eigenvalue weighted by atomic mass is 10.1. The molecule has 0 aliphatic rings. The fourth-order valence-corrected chi connectivity index (χ4v) is 3.05. The number of anilines is 1. The predicted molar refractivity (Wildman–Crippen MR) is 113 cm³/mol. The van der Waals surface area contributed by atoms with Crippen LogP contribution in [0.2, 0.25) is 0 Å². The van der Waals surface area contributed by atoms with Gasteiger partial charge in [0, 0.05) is 43.4 Å². The van der Waals surface area contributed by atoms with Gasteiger partial charge in [-0.05, 0) is 61.2 Å². The normalized spacial score (nSPS) is 10.4. The van der Waals surface area contributed by atoms with Crippen molar-refractivity contribution in [2.24, 2.45) is 0 Å². The number of hydrogen-bond acceptors (Lipinski definition) is 4. The van der Waals surface area contributed by atoms with Crippen LogP contribution in [0.15, 0.2) is 61.1 Å². The summed E-state index contributed by atoms with van der Waals surface area (Å²) in [6.07, 6.45) is 5.70. The highest BCUT2D eigenvalue weighted by molar-refractivity contribution is 6.05. The number of hydrogen-bond donors (Lipinski definition) is 1. The molecule has 0 atom stereocenters. The van der Waals surface area contributed by atoms with Gasteiger partial charge in [-0.25, -0.2) is 0 Å². The summed E-state index contributed by atoms with van der Waals surface area (Å²) < 4.78 is 0. The number of amides is 2. The van der Waals surface area contributed by atoms with E-state index in [1.165, 1.54) is 12.3 Å². The van der Waals surface area contributed by atoms with Crippen molar-refractivity contribution in [2.75, 3.05) is 18.9 Å². The van der Waals surface area contributed by atoms with E-state index < -0.39 is 0 Å². The Morgan fingerprint density at radius 2 is 1.69 bits per heavy atom. The molecule has 0 saturated carbocycles. The lowest BCUT2D eigenvalue weighted by Gasteiger charge is -2.17. The smallest absolute Gasteiger partial charge is 0.274 e. The summed E-state index contributed by atoms with van der Waals surface area (Å²) in [6, 6.07) is 12.8. The summed E-state index contributed by atoms with van der Waals surface area (Å²) in [5.41, 5.74) is 4.47. The molecule has 3 aromatic rings. The Bertz CT molecular complexity index is 998. The largest absolute Gasteiger partial charge is 0.341 e. The van der Waals surface area contributed by atoms with Crippen LogP contribution in [-0.4, -0.2) is 40.3 Å². The molecule has 1 N–H and O–H groups in total. The zero-order valence-corrected chi connectivity index (χ0v) is 16.8. The molecule has 6 nitrogen and oxygen atoms in total. The molecule has 0 aliphatic carbocycles. The molecule has 6 heteroatoms. The molecule has 0 radical (unpaired) electrons. The molecule has 0 aliphatic heterocycles. The SMILES string of the molecule is Cc1cccc(C)c1NC(=O)c1cc(C(=O)N(C)CCc2ccncc2)ccn1. The number of carbonyl (C=O) groups excluding carboxylic acids is 2. The number of aromatic nitrogens is 2. The highest BCUT2D eigenvalue weighted by Gasteiger charge is 2.16. The van der Waals surface area contributed by atoms with Gasteiger partial charge in [0.1, 0.15) is 5.69 Å². The Labute approximate surface area is 170 Å².